The molecule has 1 heterocycles. The summed E-state index contributed by atoms with van der Waals surface area (Å²) in [5.74, 6) is 0.168. The largest absolute Gasteiger partial charge is 0.497 e. The van der Waals surface area contributed by atoms with Crippen LogP contribution in [0.25, 0.3) is 0 Å². The molecule has 2 amide bonds. The van der Waals surface area contributed by atoms with Gasteiger partial charge in [-0.1, -0.05) is 49.2 Å². The molecule has 6 unspecified atom stereocenters. The lowest BCUT2D eigenvalue weighted by Crippen LogP contribution is -2.70. The Bertz CT molecular complexity index is 2120. The highest BCUT2D eigenvalue weighted by Crippen LogP contribution is 2.62. The van der Waals surface area contributed by atoms with Crippen LogP contribution in [-0.2, 0) is 20.8 Å². The van der Waals surface area contributed by atoms with Gasteiger partial charge in [0.15, 0.2) is 0 Å². The van der Waals surface area contributed by atoms with E-state index < -0.39 is 23.8 Å². The molecule has 1 fully saturated rings. The third-order valence-corrected chi connectivity index (χ3v) is 12.5. The number of allylic oxidation sites excluding steroid dienone is 1. The van der Waals surface area contributed by atoms with Crippen LogP contribution in [-0.4, -0.2) is 99.0 Å². The van der Waals surface area contributed by atoms with E-state index in [1.165, 1.54) is 7.11 Å². The van der Waals surface area contributed by atoms with E-state index in [0.29, 0.717) is 79.0 Å². The van der Waals surface area contributed by atoms with Gasteiger partial charge in [-0.25, -0.2) is 4.79 Å². The maximum Gasteiger partial charge on any atom is 0.417 e. The van der Waals surface area contributed by atoms with Crippen LogP contribution in [0.1, 0.15) is 82.3 Å². The number of nitrogens with one attached hydrogen (secondary N) is 1. The predicted octanol–water partition coefficient (Wildman–Crippen LogP) is 8.46. The number of carbonyl (C=O) groups is 2. The topological polar surface area (TPSA) is 167 Å². The molecule has 0 radical (unpaired) electrons. The molecule has 3 aliphatic rings. The van der Waals surface area contributed by atoms with Gasteiger partial charge < -0.3 is 48.4 Å². The Morgan fingerprint density at radius 1 is 0.938 bits per heavy atom. The van der Waals surface area contributed by atoms with E-state index >= 15 is 0 Å². The molecule has 0 bridgehead atoms. The van der Waals surface area contributed by atoms with Gasteiger partial charge in [0.2, 0.25) is 11.7 Å². The van der Waals surface area contributed by atoms with E-state index in [1.807, 2.05) is 55.1 Å². The third kappa shape index (κ3) is 10.7. The molecule has 0 saturated heterocycles. The normalized spacial score (nSPS) is 22.5. The number of aliphatic hydroxyl groups is 2. The number of fused-ring (bicyclic) bond motifs is 2. The quantitative estimate of drug-likeness (QED) is 0.0475. The average Bonchev–Trinajstić information content (AvgIpc) is 3.30. The highest BCUT2D eigenvalue weighted by Gasteiger charge is 2.65. The maximum absolute atomic E-state index is 14.8. The number of oxime groups is 1. The summed E-state index contributed by atoms with van der Waals surface area (Å²) in [6.07, 6.45) is 8.74. The third-order valence-electron chi connectivity index (χ3n) is 12.5. The van der Waals surface area contributed by atoms with Crippen molar-refractivity contribution < 1.29 is 53.1 Å². The Morgan fingerprint density at radius 3 is 2.39 bits per heavy atom. The number of ether oxygens (including phenoxy) is 6. The first kappa shape index (κ1) is 47.9. The first-order valence-corrected chi connectivity index (χ1v) is 22.5. The van der Waals surface area contributed by atoms with E-state index in [2.05, 4.69) is 18.0 Å². The van der Waals surface area contributed by atoms with E-state index in [9.17, 15) is 19.8 Å². The van der Waals surface area contributed by atoms with Crippen molar-refractivity contribution in [2.75, 3.05) is 59.6 Å². The van der Waals surface area contributed by atoms with E-state index in [4.69, 9.17) is 38.4 Å². The maximum atomic E-state index is 14.8. The molecule has 6 atom stereocenters. The number of rotatable bonds is 23. The Morgan fingerprint density at radius 2 is 1.69 bits per heavy atom. The number of benzene rings is 3. The molecule has 1 aliphatic heterocycles. The van der Waals surface area contributed by atoms with Gasteiger partial charge in [0.25, 0.3) is 0 Å². The fourth-order valence-corrected chi connectivity index (χ4v) is 9.75. The molecule has 3 N–H and O–H groups in total. The van der Waals surface area contributed by atoms with Gasteiger partial charge in [-0.3, -0.25) is 10.1 Å². The van der Waals surface area contributed by atoms with Crippen molar-refractivity contribution >= 4 is 23.4 Å². The summed E-state index contributed by atoms with van der Waals surface area (Å²) in [6, 6.07) is 17.3. The van der Waals surface area contributed by atoms with Crippen molar-refractivity contribution in [2.24, 2.45) is 22.9 Å². The van der Waals surface area contributed by atoms with Gasteiger partial charge in [0.1, 0.15) is 41.4 Å². The van der Waals surface area contributed by atoms with Crippen molar-refractivity contribution in [3.05, 3.63) is 96.1 Å². The molecular formula is C50H65N3O11. The van der Waals surface area contributed by atoms with Gasteiger partial charge in [0.05, 0.1) is 51.7 Å². The van der Waals surface area contributed by atoms with Gasteiger partial charge in [0, 0.05) is 43.7 Å². The standard InChI is InChI=1S/C50H65N3O11/c1-7-23-53(46(56)28-33-15-14-17-35(27-33)58-4)45-32-42(52-62-9-3)39-29-34(16-10-12-24-54)38(18-11-13-25-55)47-40-30-37(20-22-43(40)64-50(45,48(39)47)61-26-8-2)63-49(57)51-41-21-19-36(59-5)31-44(41)60-6/h8,14-15,17,19-22,27,29-31,34,38,45,47-48,54-55H,2,7,9-13,16,18,23-26,28,32H2,1,3-6H3,(H,51,57). The molecule has 0 aromatic heterocycles. The van der Waals surface area contributed by atoms with Crippen LogP contribution in [0.2, 0.25) is 0 Å². The zero-order valence-electron chi connectivity index (χ0n) is 37.9. The van der Waals surface area contributed by atoms with Gasteiger partial charge >= 0.3 is 6.09 Å². The summed E-state index contributed by atoms with van der Waals surface area (Å²) in [6.45, 7) is 9.00. The highest BCUT2D eigenvalue weighted by atomic mass is 16.7. The zero-order valence-corrected chi connectivity index (χ0v) is 37.9. The number of unbranched alkanes of at least 4 members (excludes halogenated alkanes) is 2. The molecule has 14 nitrogen and oxygen atoms in total. The molecule has 1 saturated carbocycles. The Balaban J connectivity index is 1.52. The summed E-state index contributed by atoms with van der Waals surface area (Å²) in [5.41, 5.74) is 3.67. The number of nitrogens with zero attached hydrogens (tertiary/aromatic N) is 2. The minimum absolute atomic E-state index is 0.0137. The first-order chi connectivity index (χ1) is 31.2. The predicted molar refractivity (Wildman–Crippen MR) is 244 cm³/mol. The van der Waals surface area contributed by atoms with Crippen LogP contribution in [0.4, 0.5) is 10.5 Å². The van der Waals surface area contributed by atoms with Crippen LogP contribution < -0.4 is 29.0 Å². The van der Waals surface area contributed by atoms with E-state index in [0.717, 1.165) is 42.4 Å². The molecule has 2 aliphatic carbocycles. The Labute approximate surface area is 377 Å². The number of hydrogen-bond donors (Lipinski definition) is 3. The second-order valence-electron chi connectivity index (χ2n) is 16.4. The molecule has 346 valence electrons. The lowest BCUT2D eigenvalue weighted by molar-refractivity contribution is -0.257. The fraction of sp³-hybridized carbons (Fsp3) is 0.500. The molecule has 3 aromatic carbocycles. The Hall–Kier alpha value is -5.57. The molecule has 0 spiro atoms. The number of anilines is 1. The van der Waals surface area contributed by atoms with Crippen molar-refractivity contribution in [1.29, 1.82) is 0 Å². The van der Waals surface area contributed by atoms with E-state index in [1.54, 1.807) is 44.6 Å². The Kier molecular flexibility index (Phi) is 17.1. The minimum atomic E-state index is -1.42. The monoisotopic (exact) mass is 883 g/mol. The first-order valence-electron chi connectivity index (χ1n) is 22.5. The van der Waals surface area contributed by atoms with Crippen LogP contribution in [0.3, 0.4) is 0 Å². The number of methoxy groups -OCH3 is 3. The van der Waals surface area contributed by atoms with Crippen molar-refractivity contribution in [3.8, 4) is 28.7 Å². The second kappa shape index (κ2) is 22.9. The fourth-order valence-electron chi connectivity index (χ4n) is 9.75. The van der Waals surface area contributed by atoms with Crippen LogP contribution in [0, 0.1) is 17.8 Å². The summed E-state index contributed by atoms with van der Waals surface area (Å²) in [5, 5.41) is 27.5. The van der Waals surface area contributed by atoms with Gasteiger partial charge in [-0.15, -0.1) is 6.58 Å². The van der Waals surface area contributed by atoms with Crippen molar-refractivity contribution in [3.63, 3.8) is 0 Å². The highest BCUT2D eigenvalue weighted by molar-refractivity contribution is 6.03. The van der Waals surface area contributed by atoms with Gasteiger partial charge in [-0.05, 0) is 104 Å². The van der Waals surface area contributed by atoms with Crippen LogP contribution in [0.15, 0.2) is 90.1 Å². The summed E-state index contributed by atoms with van der Waals surface area (Å²) >= 11 is 0. The smallest absolute Gasteiger partial charge is 0.417 e. The number of carbonyl (C=O) groups excluding carboxylic acids is 2. The van der Waals surface area contributed by atoms with Crippen molar-refractivity contribution in [1.82, 2.24) is 4.90 Å². The molecule has 64 heavy (non-hydrogen) atoms. The SMILES string of the molecule is C=CCOC12Oc3ccc(OC(=O)Nc4ccc(OC)cc4OC)cc3C3C(CCCCO)C(CCCCO)C=C(C(=NOCC)CC1N(CCC)C(=O)Cc1cccc(OC)c1)C32. The zero-order chi connectivity index (χ0) is 45.6. The second-order valence-corrected chi connectivity index (χ2v) is 16.4. The molecular weight excluding hydrogens is 819 g/mol. The van der Waals surface area contributed by atoms with Crippen LogP contribution in [0.5, 0.6) is 28.7 Å². The van der Waals surface area contributed by atoms with Crippen LogP contribution >= 0.6 is 0 Å². The summed E-state index contributed by atoms with van der Waals surface area (Å²) in [4.78, 5) is 36.2. The number of aliphatic hydroxyl groups excluding tert-OH is 2. The minimum Gasteiger partial charge on any atom is -0.497 e. The molecule has 3 aromatic rings. The van der Waals surface area contributed by atoms with Gasteiger partial charge in [-0.2, -0.15) is 0 Å². The molecule has 6 rings (SSSR count). The van der Waals surface area contributed by atoms with Crippen molar-refractivity contribution in [2.45, 2.75) is 89.4 Å². The van der Waals surface area contributed by atoms with E-state index in [-0.39, 0.29) is 49.9 Å². The lowest BCUT2D eigenvalue weighted by atomic mass is 9.55. The number of amides is 2. The summed E-state index contributed by atoms with van der Waals surface area (Å²) < 4.78 is 36.7. The summed E-state index contributed by atoms with van der Waals surface area (Å²) in [7, 11) is 4.66. The molecule has 14 heteroatoms. The lowest BCUT2D eigenvalue weighted by Gasteiger charge is -2.60. The number of hydrogen-bond acceptors (Lipinski definition) is 12. The average molecular weight is 884 g/mol.